The van der Waals surface area contributed by atoms with Crippen LogP contribution in [0.3, 0.4) is 0 Å². The number of amides is 2. The Kier molecular flexibility index (Phi) is 7.26. The van der Waals surface area contributed by atoms with Crippen LogP contribution in [0.25, 0.3) is 0 Å². The van der Waals surface area contributed by atoms with Crippen LogP contribution >= 0.6 is 23.8 Å². The van der Waals surface area contributed by atoms with Crippen LogP contribution in [0.15, 0.2) is 71.3 Å². The molecule has 33 heavy (non-hydrogen) atoms. The van der Waals surface area contributed by atoms with E-state index in [9.17, 15) is 9.59 Å². The molecule has 0 atom stereocenters. The van der Waals surface area contributed by atoms with Crippen LogP contribution in [-0.4, -0.2) is 48.0 Å². The van der Waals surface area contributed by atoms with Crippen molar-refractivity contribution in [3.05, 3.63) is 83.3 Å². The number of thiocarbonyl (C=S) groups is 1. The molecule has 0 bridgehead atoms. The van der Waals surface area contributed by atoms with Crippen molar-refractivity contribution in [1.82, 2.24) is 10.2 Å². The average Bonchev–Trinajstić information content (AvgIpc) is 3.34. The van der Waals surface area contributed by atoms with Gasteiger partial charge in [0.2, 0.25) is 5.91 Å². The number of nitrogens with one attached hydrogen (secondary N) is 2. The number of carbonyl (C=O) groups is 2. The first-order valence-corrected chi connectivity index (χ1v) is 11.3. The van der Waals surface area contributed by atoms with Gasteiger partial charge in [0, 0.05) is 31.9 Å². The van der Waals surface area contributed by atoms with Crippen molar-refractivity contribution < 1.29 is 14.0 Å². The van der Waals surface area contributed by atoms with Crippen LogP contribution < -0.4 is 15.5 Å². The highest BCUT2D eigenvalue weighted by Gasteiger charge is 2.24. The number of halogens is 1. The zero-order valence-corrected chi connectivity index (χ0v) is 19.4. The van der Waals surface area contributed by atoms with Crippen molar-refractivity contribution in [2.45, 2.75) is 6.42 Å². The van der Waals surface area contributed by atoms with Gasteiger partial charge in [-0.2, -0.15) is 0 Å². The van der Waals surface area contributed by atoms with E-state index in [4.69, 9.17) is 28.2 Å². The Bertz CT molecular complexity index is 1130. The Hall–Kier alpha value is -3.36. The van der Waals surface area contributed by atoms with Gasteiger partial charge >= 0.3 is 0 Å². The molecule has 2 N–H and O–H groups in total. The van der Waals surface area contributed by atoms with E-state index < -0.39 is 0 Å². The molecule has 0 spiro atoms. The fourth-order valence-electron chi connectivity index (χ4n) is 3.66. The summed E-state index contributed by atoms with van der Waals surface area (Å²) in [6.45, 7) is 2.47. The van der Waals surface area contributed by atoms with Gasteiger partial charge < -0.3 is 24.9 Å². The van der Waals surface area contributed by atoms with Gasteiger partial charge in [0.15, 0.2) is 10.9 Å². The molecule has 1 fully saturated rings. The largest absolute Gasteiger partial charge is 0.459 e. The fraction of sp³-hybridized carbons (Fsp3) is 0.208. The van der Waals surface area contributed by atoms with Crippen molar-refractivity contribution in [1.29, 1.82) is 0 Å². The lowest BCUT2D eigenvalue weighted by Gasteiger charge is -2.36. The van der Waals surface area contributed by atoms with E-state index >= 15 is 0 Å². The number of hydrogen-bond acceptors (Lipinski definition) is 5. The second-order valence-electron chi connectivity index (χ2n) is 7.59. The second kappa shape index (κ2) is 10.5. The minimum Gasteiger partial charge on any atom is -0.459 e. The quantitative estimate of drug-likeness (QED) is 0.536. The summed E-state index contributed by atoms with van der Waals surface area (Å²) < 4.78 is 5.21. The first-order chi connectivity index (χ1) is 16.0. The minimum atomic E-state index is -0.191. The van der Waals surface area contributed by atoms with E-state index in [-0.39, 0.29) is 23.3 Å². The van der Waals surface area contributed by atoms with E-state index in [1.54, 1.807) is 23.1 Å². The van der Waals surface area contributed by atoms with Crippen LogP contribution in [0.2, 0.25) is 5.02 Å². The number of benzene rings is 2. The molecule has 7 nitrogen and oxygen atoms in total. The van der Waals surface area contributed by atoms with E-state index in [2.05, 4.69) is 15.5 Å². The highest BCUT2D eigenvalue weighted by molar-refractivity contribution is 7.80. The monoisotopic (exact) mass is 482 g/mol. The zero-order valence-electron chi connectivity index (χ0n) is 17.8. The van der Waals surface area contributed by atoms with Gasteiger partial charge in [-0.1, -0.05) is 41.9 Å². The molecule has 9 heteroatoms. The number of furan rings is 1. The molecule has 0 unspecified atom stereocenters. The van der Waals surface area contributed by atoms with Crippen molar-refractivity contribution in [3.63, 3.8) is 0 Å². The Morgan fingerprint density at radius 3 is 2.42 bits per heavy atom. The average molecular weight is 483 g/mol. The summed E-state index contributed by atoms with van der Waals surface area (Å²) in [5.41, 5.74) is 2.47. The van der Waals surface area contributed by atoms with Crippen molar-refractivity contribution in [3.8, 4) is 0 Å². The van der Waals surface area contributed by atoms with Gasteiger partial charge in [-0.25, -0.2) is 0 Å². The second-order valence-corrected chi connectivity index (χ2v) is 8.40. The molecule has 1 aromatic heterocycles. The normalized spacial score (nSPS) is 13.5. The number of carbonyl (C=O) groups excluding carboxylic acids is 2. The lowest BCUT2D eigenvalue weighted by Crippen LogP contribution is -2.48. The van der Waals surface area contributed by atoms with Gasteiger partial charge in [0.05, 0.1) is 23.4 Å². The highest BCUT2D eigenvalue weighted by Crippen LogP contribution is 2.30. The fourth-order valence-corrected chi connectivity index (χ4v) is 4.19. The zero-order chi connectivity index (χ0) is 23.2. The topological polar surface area (TPSA) is 77.8 Å². The molecule has 3 aromatic rings. The number of nitrogens with zero attached hydrogens (tertiary/aromatic N) is 2. The summed E-state index contributed by atoms with van der Waals surface area (Å²) in [5, 5.41) is 6.46. The van der Waals surface area contributed by atoms with Gasteiger partial charge in [0.1, 0.15) is 0 Å². The number of hydrogen-bond donors (Lipinski definition) is 2. The third-order valence-corrected chi connectivity index (χ3v) is 5.81. The maximum absolute atomic E-state index is 12.4. The number of anilines is 2. The lowest BCUT2D eigenvalue weighted by atomic mass is 10.1. The maximum Gasteiger partial charge on any atom is 0.289 e. The van der Waals surface area contributed by atoms with Crippen LogP contribution in [-0.2, 0) is 11.2 Å². The van der Waals surface area contributed by atoms with Gasteiger partial charge in [0.25, 0.3) is 5.91 Å². The van der Waals surface area contributed by atoms with Crippen LogP contribution in [0, 0.1) is 0 Å². The molecule has 2 heterocycles. The van der Waals surface area contributed by atoms with E-state index in [1.165, 1.54) is 6.26 Å². The molecule has 0 radical (unpaired) electrons. The minimum absolute atomic E-state index is 0.104. The molecular weight excluding hydrogens is 460 g/mol. The summed E-state index contributed by atoms with van der Waals surface area (Å²) in [7, 11) is 0. The van der Waals surface area contributed by atoms with Crippen molar-refractivity contribution in [2.24, 2.45) is 0 Å². The Balaban J connectivity index is 1.29. The Labute approximate surface area is 202 Å². The number of piperazine rings is 1. The van der Waals surface area contributed by atoms with Gasteiger partial charge in [-0.3, -0.25) is 9.59 Å². The van der Waals surface area contributed by atoms with E-state index in [0.717, 1.165) is 11.3 Å². The first-order valence-electron chi connectivity index (χ1n) is 10.5. The van der Waals surface area contributed by atoms with Gasteiger partial charge in [-0.15, -0.1) is 0 Å². The number of rotatable bonds is 5. The molecule has 0 saturated carbocycles. The van der Waals surface area contributed by atoms with E-state index in [0.29, 0.717) is 42.6 Å². The molecule has 2 aromatic carbocycles. The predicted octanol–water partition coefficient (Wildman–Crippen LogP) is 3.95. The van der Waals surface area contributed by atoms with Crippen LogP contribution in [0.4, 0.5) is 11.4 Å². The summed E-state index contributed by atoms with van der Waals surface area (Å²) in [6.07, 6.45) is 1.75. The van der Waals surface area contributed by atoms with Crippen LogP contribution in [0.5, 0.6) is 0 Å². The molecule has 2 amide bonds. The van der Waals surface area contributed by atoms with Crippen molar-refractivity contribution >= 4 is 52.1 Å². The smallest absolute Gasteiger partial charge is 0.289 e. The SMILES string of the molecule is O=C(Cc1ccccc1)NC(=S)Nc1ccc(N2CCN(C(=O)c3ccco3)CC2)c(Cl)c1. The van der Waals surface area contributed by atoms with E-state index in [1.807, 2.05) is 42.5 Å². The standard InChI is InChI=1S/C24H23ClN4O3S/c25-19-16-18(26-24(33)27-22(30)15-17-5-2-1-3-6-17)8-9-20(19)28-10-12-29(13-11-28)23(31)21-7-4-14-32-21/h1-9,14,16H,10-13,15H2,(H2,26,27,30,33). The van der Waals surface area contributed by atoms with Crippen molar-refractivity contribution in [2.75, 3.05) is 36.4 Å². The molecule has 1 saturated heterocycles. The lowest BCUT2D eigenvalue weighted by molar-refractivity contribution is -0.119. The Morgan fingerprint density at radius 2 is 1.76 bits per heavy atom. The highest BCUT2D eigenvalue weighted by atomic mass is 35.5. The predicted molar refractivity (Wildman–Crippen MR) is 133 cm³/mol. The first kappa shape index (κ1) is 22.8. The third kappa shape index (κ3) is 5.91. The summed E-state index contributed by atoms with van der Waals surface area (Å²) >= 11 is 11.8. The summed E-state index contributed by atoms with van der Waals surface area (Å²) in [4.78, 5) is 28.5. The van der Waals surface area contributed by atoms with Crippen LogP contribution in [0.1, 0.15) is 16.1 Å². The maximum atomic E-state index is 12.4. The molecular formula is C24H23ClN4O3S. The Morgan fingerprint density at radius 1 is 1.00 bits per heavy atom. The molecule has 1 aliphatic heterocycles. The van der Waals surface area contributed by atoms with Gasteiger partial charge in [-0.05, 0) is 48.1 Å². The summed E-state index contributed by atoms with van der Waals surface area (Å²) in [6, 6.07) is 18.4. The third-order valence-electron chi connectivity index (χ3n) is 5.31. The molecule has 1 aliphatic rings. The molecule has 170 valence electrons. The molecule has 4 rings (SSSR count). The molecule has 0 aliphatic carbocycles. The summed E-state index contributed by atoms with van der Waals surface area (Å²) in [5.74, 6) is 0.0558.